The zero-order valence-corrected chi connectivity index (χ0v) is 16.7. The van der Waals surface area contributed by atoms with Crippen molar-refractivity contribution in [2.75, 3.05) is 13.2 Å². The largest absolute Gasteiger partial charge is 0.493 e. The second-order valence-electron chi connectivity index (χ2n) is 7.03. The molecule has 0 aliphatic rings. The molecule has 2 aromatic rings. The van der Waals surface area contributed by atoms with Crippen LogP contribution in [-0.2, 0) is 0 Å². The van der Waals surface area contributed by atoms with Crippen LogP contribution >= 0.6 is 0 Å². The van der Waals surface area contributed by atoms with Crippen molar-refractivity contribution in [1.82, 2.24) is 0 Å². The summed E-state index contributed by atoms with van der Waals surface area (Å²) in [5.74, 6) is 2.66. The lowest BCUT2D eigenvalue weighted by molar-refractivity contribution is 0.0734. The van der Waals surface area contributed by atoms with Crippen molar-refractivity contribution in [1.29, 1.82) is 0 Å². The molecule has 0 aliphatic carbocycles. The minimum absolute atomic E-state index is 0.392. The van der Waals surface area contributed by atoms with Gasteiger partial charge in [0.1, 0.15) is 17.2 Å². The van der Waals surface area contributed by atoms with Gasteiger partial charge in [0.05, 0.1) is 18.8 Å². The average Bonchev–Trinajstić information content (AvgIpc) is 2.71. The van der Waals surface area contributed by atoms with Crippen LogP contribution in [0.25, 0.3) is 0 Å². The second-order valence-corrected chi connectivity index (χ2v) is 7.03. The number of hydrogen-bond donors (Lipinski definition) is 0. The van der Waals surface area contributed by atoms with Gasteiger partial charge in [0.15, 0.2) is 0 Å². The minimum atomic E-state index is -0.392. The quantitative estimate of drug-likeness (QED) is 0.394. The molecule has 0 fully saturated rings. The number of carbonyl (C=O) groups excluding carboxylic acids is 1. The highest BCUT2D eigenvalue weighted by molar-refractivity contribution is 5.91. The fraction of sp³-hybridized carbons (Fsp3) is 0.435. The molecule has 2 rings (SSSR count). The Hall–Kier alpha value is -2.49. The van der Waals surface area contributed by atoms with Crippen LogP contribution in [0.1, 0.15) is 50.9 Å². The number of ether oxygens (including phenoxy) is 3. The number of esters is 1. The summed E-state index contributed by atoms with van der Waals surface area (Å²) in [6.07, 6.45) is 2.16. The first-order valence-corrected chi connectivity index (χ1v) is 9.69. The highest BCUT2D eigenvalue weighted by Crippen LogP contribution is 2.20. The van der Waals surface area contributed by atoms with Crippen molar-refractivity contribution in [3.05, 3.63) is 54.1 Å². The summed E-state index contributed by atoms with van der Waals surface area (Å²) in [5.41, 5.74) is 0.489. The second kappa shape index (κ2) is 10.6. The highest BCUT2D eigenvalue weighted by Gasteiger charge is 2.10. The molecule has 0 bridgehead atoms. The predicted molar refractivity (Wildman–Crippen MR) is 108 cm³/mol. The van der Waals surface area contributed by atoms with Crippen LogP contribution in [-0.4, -0.2) is 19.2 Å². The van der Waals surface area contributed by atoms with Crippen molar-refractivity contribution in [2.24, 2.45) is 11.8 Å². The molecule has 146 valence electrons. The summed E-state index contributed by atoms with van der Waals surface area (Å²) in [6.45, 7) is 9.93. The molecule has 0 aliphatic heterocycles. The first kappa shape index (κ1) is 20.8. The first-order chi connectivity index (χ1) is 13.0. The van der Waals surface area contributed by atoms with Gasteiger partial charge in [-0.25, -0.2) is 4.79 Å². The third-order valence-electron chi connectivity index (χ3n) is 4.59. The Balaban J connectivity index is 1.87. The summed E-state index contributed by atoms with van der Waals surface area (Å²) in [7, 11) is 0. The molecule has 0 saturated heterocycles. The maximum absolute atomic E-state index is 12.3. The van der Waals surface area contributed by atoms with Gasteiger partial charge in [0.2, 0.25) is 0 Å². The van der Waals surface area contributed by atoms with Crippen LogP contribution in [0.3, 0.4) is 0 Å². The van der Waals surface area contributed by atoms with Gasteiger partial charge in [-0.05, 0) is 60.4 Å². The topological polar surface area (TPSA) is 44.8 Å². The van der Waals surface area contributed by atoms with Crippen LogP contribution in [0.5, 0.6) is 17.2 Å². The lowest BCUT2D eigenvalue weighted by Crippen LogP contribution is -2.10. The van der Waals surface area contributed by atoms with E-state index in [9.17, 15) is 4.79 Å². The van der Waals surface area contributed by atoms with Gasteiger partial charge in [0.25, 0.3) is 0 Å². The average molecular weight is 370 g/mol. The van der Waals surface area contributed by atoms with E-state index in [1.165, 1.54) is 0 Å². The maximum Gasteiger partial charge on any atom is 0.343 e. The van der Waals surface area contributed by atoms with Gasteiger partial charge in [-0.15, -0.1) is 0 Å². The third kappa shape index (κ3) is 6.97. The molecular formula is C23H30O4. The predicted octanol–water partition coefficient (Wildman–Crippen LogP) is 5.76. The van der Waals surface area contributed by atoms with E-state index in [2.05, 4.69) is 27.7 Å². The van der Waals surface area contributed by atoms with Gasteiger partial charge >= 0.3 is 5.97 Å². The maximum atomic E-state index is 12.3. The molecule has 0 saturated carbocycles. The normalized spacial score (nSPS) is 12.9. The molecule has 27 heavy (non-hydrogen) atoms. The minimum Gasteiger partial charge on any atom is -0.493 e. The van der Waals surface area contributed by atoms with E-state index in [0.717, 1.165) is 24.3 Å². The zero-order valence-electron chi connectivity index (χ0n) is 16.7. The van der Waals surface area contributed by atoms with Crippen LogP contribution in [0.2, 0.25) is 0 Å². The number of hydrogen-bond acceptors (Lipinski definition) is 4. The van der Waals surface area contributed by atoms with Gasteiger partial charge < -0.3 is 14.2 Å². The molecule has 2 aromatic carbocycles. The molecule has 0 aromatic heterocycles. The van der Waals surface area contributed by atoms with Crippen molar-refractivity contribution in [3.8, 4) is 17.2 Å². The van der Waals surface area contributed by atoms with Gasteiger partial charge in [0, 0.05) is 0 Å². The Morgan fingerprint density at radius 2 is 1.15 bits per heavy atom. The van der Waals surface area contributed by atoms with Crippen LogP contribution in [0.4, 0.5) is 0 Å². The van der Waals surface area contributed by atoms with E-state index in [4.69, 9.17) is 14.2 Å². The molecule has 0 heterocycles. The lowest BCUT2D eigenvalue weighted by atomic mass is 10.1. The lowest BCUT2D eigenvalue weighted by Gasteiger charge is -2.12. The van der Waals surface area contributed by atoms with E-state index >= 15 is 0 Å². The van der Waals surface area contributed by atoms with Crippen LogP contribution < -0.4 is 14.2 Å². The molecule has 2 unspecified atom stereocenters. The van der Waals surface area contributed by atoms with E-state index in [0.29, 0.717) is 36.4 Å². The van der Waals surface area contributed by atoms with E-state index < -0.39 is 5.97 Å². The Kier molecular flexibility index (Phi) is 8.18. The van der Waals surface area contributed by atoms with Gasteiger partial charge in [-0.1, -0.05) is 40.5 Å². The third-order valence-corrected chi connectivity index (χ3v) is 4.59. The van der Waals surface area contributed by atoms with Crippen molar-refractivity contribution < 1.29 is 19.0 Å². The van der Waals surface area contributed by atoms with Gasteiger partial charge in [-0.2, -0.15) is 0 Å². The summed E-state index contributed by atoms with van der Waals surface area (Å²) in [4.78, 5) is 12.3. The number of benzene rings is 2. The van der Waals surface area contributed by atoms with E-state index in [1.807, 2.05) is 12.1 Å². The summed E-state index contributed by atoms with van der Waals surface area (Å²) < 4.78 is 16.8. The van der Waals surface area contributed by atoms with Crippen molar-refractivity contribution in [3.63, 3.8) is 0 Å². The molecular weight excluding hydrogens is 340 g/mol. The summed E-state index contributed by atoms with van der Waals surface area (Å²) in [6, 6.07) is 14.2. The molecule has 0 spiro atoms. The van der Waals surface area contributed by atoms with E-state index in [1.54, 1.807) is 36.4 Å². The number of rotatable bonds is 10. The Morgan fingerprint density at radius 3 is 1.59 bits per heavy atom. The van der Waals surface area contributed by atoms with Gasteiger partial charge in [-0.3, -0.25) is 0 Å². The zero-order chi connectivity index (χ0) is 19.6. The van der Waals surface area contributed by atoms with E-state index in [-0.39, 0.29) is 0 Å². The number of carbonyl (C=O) groups is 1. The monoisotopic (exact) mass is 370 g/mol. The highest BCUT2D eigenvalue weighted by atomic mass is 16.5. The molecule has 4 nitrogen and oxygen atoms in total. The molecule has 0 radical (unpaired) electrons. The molecule has 4 heteroatoms. The molecule has 2 atom stereocenters. The SMILES string of the molecule is CCC(C)COc1ccc(OC(=O)c2ccc(OCC(C)CC)cc2)cc1. The Morgan fingerprint density at radius 1 is 0.741 bits per heavy atom. The summed E-state index contributed by atoms with van der Waals surface area (Å²) >= 11 is 0. The van der Waals surface area contributed by atoms with Crippen molar-refractivity contribution in [2.45, 2.75) is 40.5 Å². The Labute approximate surface area is 162 Å². The Bertz CT molecular complexity index is 691. The summed E-state index contributed by atoms with van der Waals surface area (Å²) in [5, 5.41) is 0. The molecule has 0 amide bonds. The van der Waals surface area contributed by atoms with Crippen molar-refractivity contribution >= 4 is 5.97 Å². The fourth-order valence-corrected chi connectivity index (χ4v) is 2.17. The molecule has 0 N–H and O–H groups in total. The van der Waals surface area contributed by atoms with Crippen LogP contribution in [0.15, 0.2) is 48.5 Å². The fourth-order valence-electron chi connectivity index (χ4n) is 2.17. The van der Waals surface area contributed by atoms with Crippen LogP contribution in [0, 0.1) is 11.8 Å². The first-order valence-electron chi connectivity index (χ1n) is 9.69. The standard InChI is InChI=1S/C23H30O4/c1-5-17(3)15-25-20-9-7-19(8-10-20)23(24)27-22-13-11-21(12-14-22)26-16-18(4)6-2/h7-14,17-18H,5-6,15-16H2,1-4H3. The smallest absolute Gasteiger partial charge is 0.343 e.